The normalized spacial score (nSPS) is 17.0. The topological polar surface area (TPSA) is 46.3 Å². The number of pyridine rings is 1. The maximum Gasteiger partial charge on any atom is 0.290 e. The molecule has 1 aliphatic heterocycles. The lowest BCUT2D eigenvalue weighted by atomic mass is 10.1. The van der Waals surface area contributed by atoms with E-state index < -0.39 is 0 Å². The summed E-state index contributed by atoms with van der Waals surface area (Å²) < 4.78 is 5.82. The van der Waals surface area contributed by atoms with Crippen LogP contribution in [0.1, 0.15) is 35.0 Å². The van der Waals surface area contributed by atoms with Crippen LogP contribution >= 0.6 is 11.6 Å². The van der Waals surface area contributed by atoms with Gasteiger partial charge in [-0.05, 0) is 48.7 Å². The van der Waals surface area contributed by atoms with Crippen molar-refractivity contribution < 1.29 is 9.21 Å². The zero-order valence-corrected chi connectivity index (χ0v) is 14.3. The first-order valence-electron chi connectivity index (χ1n) is 8.29. The minimum atomic E-state index is -0.0929. The third kappa shape index (κ3) is 3.05. The summed E-state index contributed by atoms with van der Waals surface area (Å²) in [6.45, 7) is 0.723. The minimum Gasteiger partial charge on any atom is -0.451 e. The average Bonchev–Trinajstić information content (AvgIpc) is 3.32. The molecule has 1 fully saturated rings. The van der Waals surface area contributed by atoms with Gasteiger partial charge >= 0.3 is 0 Å². The smallest absolute Gasteiger partial charge is 0.290 e. The fourth-order valence-corrected chi connectivity index (χ4v) is 3.56. The molecule has 0 spiro atoms. The molecular weight excluding hydrogens is 336 g/mol. The van der Waals surface area contributed by atoms with Crippen LogP contribution in [0.3, 0.4) is 0 Å². The molecule has 0 aliphatic carbocycles. The van der Waals surface area contributed by atoms with Crippen LogP contribution in [0.2, 0.25) is 5.02 Å². The highest BCUT2D eigenvalue weighted by molar-refractivity contribution is 6.33. The van der Waals surface area contributed by atoms with Crippen molar-refractivity contribution in [3.63, 3.8) is 0 Å². The Morgan fingerprint density at radius 1 is 1.16 bits per heavy atom. The van der Waals surface area contributed by atoms with E-state index in [4.69, 9.17) is 16.0 Å². The Morgan fingerprint density at radius 2 is 2.04 bits per heavy atom. The van der Waals surface area contributed by atoms with Crippen molar-refractivity contribution in [2.45, 2.75) is 18.9 Å². The van der Waals surface area contributed by atoms with E-state index in [-0.39, 0.29) is 11.9 Å². The van der Waals surface area contributed by atoms with Gasteiger partial charge in [0.2, 0.25) is 0 Å². The van der Waals surface area contributed by atoms with E-state index >= 15 is 0 Å². The van der Waals surface area contributed by atoms with Gasteiger partial charge in [-0.15, -0.1) is 0 Å². The molecule has 0 radical (unpaired) electrons. The first kappa shape index (κ1) is 15.9. The highest BCUT2D eigenvalue weighted by Crippen LogP contribution is 2.34. The Bertz CT molecular complexity index is 891. The van der Waals surface area contributed by atoms with Gasteiger partial charge in [0.05, 0.1) is 11.1 Å². The van der Waals surface area contributed by atoms with Gasteiger partial charge in [-0.2, -0.15) is 0 Å². The number of aromatic nitrogens is 1. The van der Waals surface area contributed by atoms with Crippen LogP contribution in [0, 0.1) is 0 Å². The zero-order chi connectivity index (χ0) is 17.2. The number of carbonyl (C=O) groups is 1. The average molecular weight is 353 g/mol. The van der Waals surface area contributed by atoms with Gasteiger partial charge in [-0.1, -0.05) is 29.8 Å². The van der Waals surface area contributed by atoms with Crippen molar-refractivity contribution in [3.05, 3.63) is 77.3 Å². The maximum absolute atomic E-state index is 12.9. The first-order chi connectivity index (χ1) is 12.2. The molecule has 4 nitrogen and oxygen atoms in total. The number of likely N-dealkylation sites (tertiary alicyclic amines) is 1. The van der Waals surface area contributed by atoms with E-state index in [1.54, 1.807) is 24.4 Å². The molecule has 126 valence electrons. The summed E-state index contributed by atoms with van der Waals surface area (Å²) in [5.74, 6) is 0.849. The molecule has 3 heterocycles. The summed E-state index contributed by atoms with van der Waals surface area (Å²) in [6.07, 6.45) is 5.49. The fraction of sp³-hybridized carbons (Fsp3) is 0.200. The molecule has 1 saturated heterocycles. The number of amides is 1. The monoisotopic (exact) mass is 352 g/mol. The molecule has 1 aromatic carbocycles. The maximum atomic E-state index is 12.9. The third-order valence-corrected chi connectivity index (χ3v) is 4.87. The molecule has 0 saturated carbocycles. The second-order valence-electron chi connectivity index (χ2n) is 6.09. The molecule has 5 heteroatoms. The molecule has 0 unspecified atom stereocenters. The highest BCUT2D eigenvalue weighted by Gasteiger charge is 2.32. The molecular formula is C20H17ClN2O2. The van der Waals surface area contributed by atoms with Crippen molar-refractivity contribution in [1.82, 2.24) is 9.88 Å². The van der Waals surface area contributed by atoms with Gasteiger partial charge in [0.1, 0.15) is 5.76 Å². The largest absolute Gasteiger partial charge is 0.451 e. The number of halogens is 1. The molecule has 1 atom stereocenters. The minimum absolute atomic E-state index is 0.0510. The summed E-state index contributed by atoms with van der Waals surface area (Å²) in [5, 5.41) is 0.602. The van der Waals surface area contributed by atoms with E-state index in [0.29, 0.717) is 16.5 Å². The Morgan fingerprint density at radius 3 is 2.84 bits per heavy atom. The molecule has 3 aromatic rings. The van der Waals surface area contributed by atoms with Crippen LogP contribution in [0.5, 0.6) is 0 Å². The second-order valence-corrected chi connectivity index (χ2v) is 6.49. The summed E-state index contributed by atoms with van der Waals surface area (Å²) in [5.41, 5.74) is 1.85. The van der Waals surface area contributed by atoms with Crippen LogP contribution in [0.25, 0.3) is 11.3 Å². The molecule has 0 N–H and O–H groups in total. The Hall–Kier alpha value is -2.59. The zero-order valence-electron chi connectivity index (χ0n) is 13.6. The molecule has 25 heavy (non-hydrogen) atoms. The number of rotatable bonds is 3. The summed E-state index contributed by atoms with van der Waals surface area (Å²) >= 11 is 6.22. The van der Waals surface area contributed by atoms with Crippen LogP contribution in [0.15, 0.2) is 65.3 Å². The lowest BCUT2D eigenvalue weighted by Gasteiger charge is -2.23. The molecule has 1 aliphatic rings. The SMILES string of the molecule is O=C(c1ccc(-c2ccccc2Cl)o1)N1CCC[C@@H]1c1cccnc1. The van der Waals surface area contributed by atoms with Crippen molar-refractivity contribution in [1.29, 1.82) is 0 Å². The van der Waals surface area contributed by atoms with Gasteiger partial charge in [-0.3, -0.25) is 9.78 Å². The van der Waals surface area contributed by atoms with E-state index in [0.717, 1.165) is 30.5 Å². The van der Waals surface area contributed by atoms with Crippen molar-refractivity contribution >= 4 is 17.5 Å². The first-order valence-corrected chi connectivity index (χ1v) is 8.67. The van der Waals surface area contributed by atoms with Crippen molar-refractivity contribution in [2.75, 3.05) is 6.54 Å². The van der Waals surface area contributed by atoms with Gasteiger partial charge in [-0.25, -0.2) is 0 Å². The second kappa shape index (κ2) is 6.73. The van der Waals surface area contributed by atoms with Crippen LogP contribution in [0.4, 0.5) is 0 Å². The summed E-state index contributed by atoms with van der Waals surface area (Å²) in [4.78, 5) is 19.0. The molecule has 4 rings (SSSR count). The summed E-state index contributed by atoms with van der Waals surface area (Å²) in [7, 11) is 0. The van der Waals surface area contributed by atoms with Gasteiger partial charge in [0, 0.05) is 24.5 Å². The lowest BCUT2D eigenvalue weighted by Crippen LogP contribution is -2.30. The van der Waals surface area contributed by atoms with Gasteiger partial charge in [0.25, 0.3) is 5.91 Å². The van der Waals surface area contributed by atoms with E-state index in [1.165, 1.54) is 0 Å². The quantitative estimate of drug-likeness (QED) is 0.668. The van der Waals surface area contributed by atoms with E-state index in [1.807, 2.05) is 41.4 Å². The van der Waals surface area contributed by atoms with Crippen LogP contribution in [-0.2, 0) is 0 Å². The van der Waals surface area contributed by atoms with Gasteiger partial charge in [0.15, 0.2) is 5.76 Å². The highest BCUT2D eigenvalue weighted by atomic mass is 35.5. The van der Waals surface area contributed by atoms with Gasteiger partial charge < -0.3 is 9.32 Å². The van der Waals surface area contributed by atoms with E-state index in [2.05, 4.69) is 4.98 Å². The Balaban J connectivity index is 1.60. The molecule has 0 bridgehead atoms. The Kier molecular flexibility index (Phi) is 4.28. The third-order valence-electron chi connectivity index (χ3n) is 4.54. The van der Waals surface area contributed by atoms with Crippen LogP contribution in [-0.4, -0.2) is 22.3 Å². The lowest BCUT2D eigenvalue weighted by molar-refractivity contribution is 0.0704. The molecule has 2 aromatic heterocycles. The van der Waals surface area contributed by atoms with E-state index in [9.17, 15) is 4.79 Å². The standard InChI is InChI=1S/C20H17ClN2O2/c21-16-7-2-1-6-15(16)18-9-10-19(25-18)20(24)23-12-4-8-17(23)14-5-3-11-22-13-14/h1-3,5-7,9-11,13,17H,4,8,12H2/t17-/m1/s1. The number of hydrogen-bond acceptors (Lipinski definition) is 3. The molecule has 1 amide bonds. The number of benzene rings is 1. The number of nitrogens with zero attached hydrogens (tertiary/aromatic N) is 2. The number of carbonyl (C=O) groups excluding carboxylic acids is 1. The van der Waals surface area contributed by atoms with Crippen molar-refractivity contribution in [2.24, 2.45) is 0 Å². The Labute approximate surface area is 151 Å². The number of hydrogen-bond donors (Lipinski definition) is 0. The number of furan rings is 1. The van der Waals surface area contributed by atoms with Crippen molar-refractivity contribution in [3.8, 4) is 11.3 Å². The predicted octanol–water partition coefficient (Wildman–Crippen LogP) is 4.97. The summed E-state index contributed by atoms with van der Waals surface area (Å²) in [6, 6.07) is 14.9. The fourth-order valence-electron chi connectivity index (χ4n) is 3.33. The van der Waals surface area contributed by atoms with Crippen LogP contribution < -0.4 is 0 Å². The predicted molar refractivity (Wildman–Crippen MR) is 96.4 cm³/mol.